The van der Waals surface area contributed by atoms with Crippen LogP contribution in [0, 0.1) is 11.3 Å². The predicted molar refractivity (Wildman–Crippen MR) is 92.2 cm³/mol. The number of hydrogen-bond donors (Lipinski definition) is 1. The summed E-state index contributed by atoms with van der Waals surface area (Å²) in [5.74, 6) is 1.48. The molecule has 1 N–H and O–H groups in total. The second-order valence-corrected chi connectivity index (χ2v) is 8.76. The van der Waals surface area contributed by atoms with Gasteiger partial charge in [0.2, 0.25) is 0 Å². The Morgan fingerprint density at radius 1 is 1.29 bits per heavy atom. The molecular formula is C17H35NO2S. The third kappa shape index (κ3) is 5.65. The average Bonchev–Trinajstić information content (AvgIpc) is 2.48. The molecule has 4 atom stereocenters. The van der Waals surface area contributed by atoms with Gasteiger partial charge in [-0.3, -0.25) is 4.21 Å². The molecule has 1 aliphatic carbocycles. The molecule has 126 valence electrons. The van der Waals surface area contributed by atoms with Gasteiger partial charge < -0.3 is 10.1 Å². The molecular weight excluding hydrogens is 282 g/mol. The van der Waals surface area contributed by atoms with Crippen LogP contribution in [0.3, 0.4) is 0 Å². The molecule has 0 aromatic carbocycles. The van der Waals surface area contributed by atoms with Gasteiger partial charge in [0, 0.05) is 36.3 Å². The highest BCUT2D eigenvalue weighted by molar-refractivity contribution is 7.85. The van der Waals surface area contributed by atoms with E-state index < -0.39 is 10.8 Å². The maximum Gasteiger partial charge on any atom is 0.0504 e. The van der Waals surface area contributed by atoms with Crippen LogP contribution in [0.2, 0.25) is 0 Å². The predicted octanol–water partition coefficient (Wildman–Crippen LogP) is 3.35. The number of methoxy groups -OCH3 is 1. The van der Waals surface area contributed by atoms with Gasteiger partial charge in [-0.05, 0) is 43.6 Å². The number of hydrogen-bond acceptors (Lipinski definition) is 3. The summed E-state index contributed by atoms with van der Waals surface area (Å²) < 4.78 is 17.8. The minimum atomic E-state index is -0.739. The molecule has 1 aliphatic rings. The van der Waals surface area contributed by atoms with Crippen LogP contribution >= 0.6 is 0 Å². The van der Waals surface area contributed by atoms with Gasteiger partial charge in [0.1, 0.15) is 0 Å². The number of ether oxygens (including phenoxy) is 1. The molecule has 4 heteroatoms. The van der Waals surface area contributed by atoms with Gasteiger partial charge in [0.05, 0.1) is 5.25 Å². The molecule has 1 fully saturated rings. The molecule has 0 radical (unpaired) electrons. The summed E-state index contributed by atoms with van der Waals surface area (Å²) in [7, 11) is 0.974. The van der Waals surface area contributed by atoms with E-state index in [4.69, 9.17) is 4.74 Å². The zero-order chi connectivity index (χ0) is 15.9. The smallest absolute Gasteiger partial charge is 0.0504 e. The van der Waals surface area contributed by atoms with Crippen LogP contribution in [0.4, 0.5) is 0 Å². The SMILES string of the molecule is CCNC1CCC(C(C)(C)CC)CC1S(=O)CCCOC. The molecule has 0 aromatic rings. The Kier molecular flexibility index (Phi) is 8.43. The molecule has 0 aliphatic heterocycles. The van der Waals surface area contributed by atoms with Crippen molar-refractivity contribution in [3.63, 3.8) is 0 Å². The summed E-state index contributed by atoms with van der Waals surface area (Å²) in [6, 6.07) is 0.433. The number of rotatable bonds is 9. The molecule has 1 rings (SSSR count). The fourth-order valence-corrected chi connectivity index (χ4v) is 5.16. The molecule has 0 saturated heterocycles. The molecule has 0 amide bonds. The van der Waals surface area contributed by atoms with E-state index in [0.717, 1.165) is 25.1 Å². The van der Waals surface area contributed by atoms with Crippen molar-refractivity contribution in [2.75, 3.05) is 26.0 Å². The Morgan fingerprint density at radius 2 is 2.00 bits per heavy atom. The van der Waals surface area contributed by atoms with Crippen molar-refractivity contribution in [2.24, 2.45) is 11.3 Å². The van der Waals surface area contributed by atoms with Crippen LogP contribution in [-0.2, 0) is 15.5 Å². The Balaban J connectivity index is 2.69. The fraction of sp³-hybridized carbons (Fsp3) is 1.00. The van der Waals surface area contributed by atoms with Crippen LogP contribution in [-0.4, -0.2) is 41.5 Å². The first-order valence-electron chi connectivity index (χ1n) is 8.55. The lowest BCUT2D eigenvalue weighted by molar-refractivity contribution is 0.140. The third-order valence-electron chi connectivity index (χ3n) is 5.31. The van der Waals surface area contributed by atoms with E-state index in [9.17, 15) is 4.21 Å². The average molecular weight is 318 g/mol. The van der Waals surface area contributed by atoms with Crippen molar-refractivity contribution >= 4 is 10.8 Å². The van der Waals surface area contributed by atoms with Gasteiger partial charge in [-0.25, -0.2) is 0 Å². The summed E-state index contributed by atoms with van der Waals surface area (Å²) in [5, 5.41) is 3.88. The van der Waals surface area contributed by atoms with Crippen molar-refractivity contribution in [3.8, 4) is 0 Å². The van der Waals surface area contributed by atoms with E-state index in [-0.39, 0.29) is 0 Å². The largest absolute Gasteiger partial charge is 0.385 e. The standard InChI is InChI=1S/C17H35NO2S/c1-6-17(3,4)14-9-10-15(18-7-2)16(13-14)21(19)12-8-11-20-5/h14-16,18H,6-13H2,1-5H3. The van der Waals surface area contributed by atoms with Gasteiger partial charge in [0.15, 0.2) is 0 Å². The van der Waals surface area contributed by atoms with Crippen LogP contribution in [0.15, 0.2) is 0 Å². The third-order valence-corrected chi connectivity index (χ3v) is 7.19. The topological polar surface area (TPSA) is 38.3 Å². The Morgan fingerprint density at radius 3 is 2.57 bits per heavy atom. The quantitative estimate of drug-likeness (QED) is 0.663. The monoisotopic (exact) mass is 317 g/mol. The van der Waals surface area contributed by atoms with Crippen molar-refractivity contribution in [2.45, 2.75) is 71.1 Å². The van der Waals surface area contributed by atoms with Gasteiger partial charge in [0.25, 0.3) is 0 Å². The van der Waals surface area contributed by atoms with Crippen molar-refractivity contribution in [3.05, 3.63) is 0 Å². The Hall–Kier alpha value is 0.0700. The summed E-state index contributed by atoms with van der Waals surface area (Å²) in [4.78, 5) is 0. The summed E-state index contributed by atoms with van der Waals surface area (Å²) in [5.41, 5.74) is 0.367. The zero-order valence-corrected chi connectivity index (χ0v) is 15.4. The lowest BCUT2D eigenvalue weighted by atomic mass is 9.68. The van der Waals surface area contributed by atoms with Crippen LogP contribution in [0.1, 0.15) is 59.8 Å². The van der Waals surface area contributed by atoms with E-state index in [1.54, 1.807) is 7.11 Å². The van der Waals surface area contributed by atoms with Gasteiger partial charge >= 0.3 is 0 Å². The second-order valence-electron chi connectivity index (χ2n) is 6.99. The maximum absolute atomic E-state index is 12.7. The first kappa shape index (κ1) is 19.1. The number of nitrogens with one attached hydrogen (secondary N) is 1. The Labute approximate surface area is 134 Å². The zero-order valence-electron chi connectivity index (χ0n) is 14.6. The normalized spacial score (nSPS) is 28.5. The highest BCUT2D eigenvalue weighted by Crippen LogP contribution is 2.41. The lowest BCUT2D eigenvalue weighted by Crippen LogP contribution is -2.48. The first-order chi connectivity index (χ1) is 9.96. The highest BCUT2D eigenvalue weighted by atomic mass is 32.2. The van der Waals surface area contributed by atoms with Gasteiger partial charge in [-0.15, -0.1) is 0 Å². The molecule has 0 bridgehead atoms. The van der Waals surface area contributed by atoms with Crippen LogP contribution in [0.25, 0.3) is 0 Å². The molecule has 3 nitrogen and oxygen atoms in total. The molecule has 21 heavy (non-hydrogen) atoms. The molecule has 1 saturated carbocycles. The molecule has 0 spiro atoms. The molecule has 4 unspecified atom stereocenters. The van der Waals surface area contributed by atoms with Crippen LogP contribution in [0.5, 0.6) is 0 Å². The van der Waals surface area contributed by atoms with Crippen LogP contribution < -0.4 is 5.32 Å². The van der Waals surface area contributed by atoms with E-state index >= 15 is 0 Å². The molecule has 0 aromatic heterocycles. The highest BCUT2D eigenvalue weighted by Gasteiger charge is 2.39. The minimum Gasteiger partial charge on any atom is -0.385 e. The van der Waals surface area contributed by atoms with E-state index in [2.05, 4.69) is 33.0 Å². The van der Waals surface area contributed by atoms with Gasteiger partial charge in [-0.1, -0.05) is 34.1 Å². The van der Waals surface area contributed by atoms with E-state index in [1.165, 1.54) is 19.3 Å². The summed E-state index contributed by atoms with van der Waals surface area (Å²) in [6.07, 6.45) is 5.65. The first-order valence-corrected chi connectivity index (χ1v) is 9.94. The summed E-state index contributed by atoms with van der Waals surface area (Å²) >= 11 is 0. The fourth-order valence-electron chi connectivity index (χ4n) is 3.41. The lowest BCUT2D eigenvalue weighted by Gasteiger charge is -2.43. The van der Waals surface area contributed by atoms with E-state index in [1.807, 2.05) is 0 Å². The molecule has 0 heterocycles. The summed E-state index contributed by atoms with van der Waals surface area (Å²) in [6.45, 7) is 10.9. The van der Waals surface area contributed by atoms with Crippen molar-refractivity contribution < 1.29 is 8.95 Å². The van der Waals surface area contributed by atoms with Crippen molar-refractivity contribution in [1.82, 2.24) is 5.32 Å². The second kappa shape index (κ2) is 9.26. The Bertz CT molecular complexity index is 320. The van der Waals surface area contributed by atoms with Gasteiger partial charge in [-0.2, -0.15) is 0 Å². The maximum atomic E-state index is 12.7. The van der Waals surface area contributed by atoms with E-state index in [0.29, 0.717) is 29.2 Å². The minimum absolute atomic E-state index is 0.311. The van der Waals surface area contributed by atoms with Crippen molar-refractivity contribution in [1.29, 1.82) is 0 Å².